The fraction of sp³-hybridized carbons (Fsp3) is 0.400. The van der Waals surface area contributed by atoms with E-state index in [1.807, 2.05) is 23.6 Å². The highest BCUT2D eigenvalue weighted by Gasteiger charge is 2.11. The van der Waals surface area contributed by atoms with Crippen LogP contribution >= 0.6 is 11.3 Å². The topological polar surface area (TPSA) is 43.4 Å². The molecule has 1 aromatic carbocycles. The van der Waals surface area contributed by atoms with E-state index in [0.29, 0.717) is 5.92 Å². The molecule has 4 nitrogen and oxygen atoms in total. The van der Waals surface area contributed by atoms with Gasteiger partial charge in [0.1, 0.15) is 11.5 Å². The van der Waals surface area contributed by atoms with E-state index in [0.717, 1.165) is 34.4 Å². The van der Waals surface area contributed by atoms with Crippen LogP contribution in [-0.2, 0) is 0 Å². The highest BCUT2D eigenvalue weighted by atomic mass is 32.1. The highest BCUT2D eigenvalue weighted by molar-refractivity contribution is 7.14. The van der Waals surface area contributed by atoms with Crippen molar-refractivity contribution in [1.29, 1.82) is 0 Å². The number of nitrogens with one attached hydrogen (secondary N) is 1. The van der Waals surface area contributed by atoms with Crippen LogP contribution in [0, 0.1) is 5.92 Å². The quantitative estimate of drug-likeness (QED) is 0.877. The lowest BCUT2D eigenvalue weighted by Gasteiger charge is -2.08. The molecule has 108 valence electrons. The number of ether oxygens (including phenoxy) is 2. The van der Waals surface area contributed by atoms with E-state index in [4.69, 9.17) is 9.47 Å². The Balaban J connectivity index is 2.26. The van der Waals surface area contributed by atoms with Gasteiger partial charge in [-0.25, -0.2) is 4.98 Å². The molecule has 0 aliphatic carbocycles. The molecule has 1 N–H and O–H groups in total. The summed E-state index contributed by atoms with van der Waals surface area (Å²) in [4.78, 5) is 4.61. The molecule has 0 radical (unpaired) electrons. The number of hydrogen-bond donors (Lipinski definition) is 1. The van der Waals surface area contributed by atoms with Crippen LogP contribution in [0.1, 0.15) is 13.8 Å². The van der Waals surface area contributed by atoms with E-state index < -0.39 is 0 Å². The van der Waals surface area contributed by atoms with Gasteiger partial charge in [0.05, 0.1) is 19.9 Å². The van der Waals surface area contributed by atoms with Crippen molar-refractivity contribution in [2.75, 3.05) is 26.1 Å². The molecule has 5 heteroatoms. The first-order chi connectivity index (χ1) is 9.63. The Labute approximate surface area is 123 Å². The molecule has 0 bridgehead atoms. The predicted octanol–water partition coefficient (Wildman–Crippen LogP) is 3.90. The normalized spacial score (nSPS) is 10.7. The van der Waals surface area contributed by atoms with Gasteiger partial charge in [0.15, 0.2) is 5.13 Å². The minimum Gasteiger partial charge on any atom is -0.497 e. The third-order valence-electron chi connectivity index (χ3n) is 2.85. The third-order valence-corrected chi connectivity index (χ3v) is 3.65. The molecule has 0 fully saturated rings. The Kier molecular flexibility index (Phi) is 4.84. The molecule has 1 aromatic heterocycles. The van der Waals surface area contributed by atoms with Crippen LogP contribution in [0.15, 0.2) is 23.6 Å². The van der Waals surface area contributed by atoms with Gasteiger partial charge in [-0.15, -0.1) is 11.3 Å². The summed E-state index contributed by atoms with van der Waals surface area (Å²) in [7, 11) is 3.32. The van der Waals surface area contributed by atoms with E-state index in [1.165, 1.54) is 0 Å². The Bertz CT molecular complexity index is 567. The lowest BCUT2D eigenvalue weighted by Crippen LogP contribution is -2.07. The first-order valence-corrected chi connectivity index (χ1v) is 7.43. The van der Waals surface area contributed by atoms with Gasteiger partial charge in [0, 0.05) is 17.5 Å². The van der Waals surface area contributed by atoms with Crippen LogP contribution in [-0.4, -0.2) is 25.7 Å². The van der Waals surface area contributed by atoms with Gasteiger partial charge in [-0.2, -0.15) is 0 Å². The molecule has 0 unspecified atom stereocenters. The average Bonchev–Trinajstić information content (AvgIpc) is 2.93. The van der Waals surface area contributed by atoms with Crippen molar-refractivity contribution in [3.8, 4) is 22.8 Å². The van der Waals surface area contributed by atoms with Crippen molar-refractivity contribution < 1.29 is 9.47 Å². The van der Waals surface area contributed by atoms with Gasteiger partial charge < -0.3 is 14.8 Å². The summed E-state index contributed by atoms with van der Waals surface area (Å²) in [6.07, 6.45) is 0. The number of methoxy groups -OCH3 is 2. The maximum atomic E-state index is 5.40. The van der Waals surface area contributed by atoms with Crippen molar-refractivity contribution in [3.05, 3.63) is 23.6 Å². The minimum atomic E-state index is 0.591. The fourth-order valence-corrected chi connectivity index (χ4v) is 2.50. The van der Waals surface area contributed by atoms with E-state index >= 15 is 0 Å². The first kappa shape index (κ1) is 14.7. The maximum Gasteiger partial charge on any atom is 0.183 e. The number of aromatic nitrogens is 1. The maximum absolute atomic E-state index is 5.40. The van der Waals surface area contributed by atoms with Gasteiger partial charge in [-0.05, 0) is 24.1 Å². The summed E-state index contributed by atoms with van der Waals surface area (Å²) in [5.74, 6) is 2.19. The number of thiazole rings is 1. The van der Waals surface area contributed by atoms with Crippen molar-refractivity contribution >= 4 is 16.5 Å². The third kappa shape index (κ3) is 3.42. The summed E-state index contributed by atoms with van der Waals surface area (Å²) in [5, 5.41) is 6.29. The number of rotatable bonds is 6. The zero-order valence-electron chi connectivity index (χ0n) is 12.3. The molecule has 0 amide bonds. The van der Waals surface area contributed by atoms with Crippen molar-refractivity contribution in [1.82, 2.24) is 4.98 Å². The van der Waals surface area contributed by atoms with Crippen LogP contribution in [0.4, 0.5) is 5.13 Å². The van der Waals surface area contributed by atoms with Crippen molar-refractivity contribution in [3.63, 3.8) is 0 Å². The monoisotopic (exact) mass is 292 g/mol. The standard InChI is InChI=1S/C15H20N2O2S/c1-10(2)8-16-15-17-13(9-20-15)12-7-11(18-3)5-6-14(12)19-4/h5-7,9-10H,8H2,1-4H3,(H,16,17). The molecule has 0 saturated heterocycles. The second kappa shape index (κ2) is 6.61. The molecule has 1 heterocycles. The van der Waals surface area contributed by atoms with Crippen LogP contribution in [0.5, 0.6) is 11.5 Å². The van der Waals surface area contributed by atoms with Crippen molar-refractivity contribution in [2.24, 2.45) is 5.92 Å². The second-order valence-electron chi connectivity index (χ2n) is 4.88. The van der Waals surface area contributed by atoms with Gasteiger partial charge >= 0.3 is 0 Å². The van der Waals surface area contributed by atoms with Gasteiger partial charge in [-0.3, -0.25) is 0 Å². The lowest BCUT2D eigenvalue weighted by atomic mass is 10.1. The van der Waals surface area contributed by atoms with E-state index in [-0.39, 0.29) is 0 Å². The SMILES string of the molecule is COc1ccc(OC)c(-c2csc(NCC(C)C)n2)c1. The molecular weight excluding hydrogens is 272 g/mol. The number of nitrogens with zero attached hydrogens (tertiary/aromatic N) is 1. The summed E-state index contributed by atoms with van der Waals surface area (Å²) >= 11 is 1.60. The Morgan fingerprint density at radius 2 is 2.05 bits per heavy atom. The molecule has 0 aliphatic heterocycles. The Morgan fingerprint density at radius 3 is 2.70 bits per heavy atom. The van der Waals surface area contributed by atoms with Crippen molar-refractivity contribution in [2.45, 2.75) is 13.8 Å². The zero-order chi connectivity index (χ0) is 14.5. The van der Waals surface area contributed by atoms with Gasteiger partial charge in [0.2, 0.25) is 0 Å². The second-order valence-corrected chi connectivity index (χ2v) is 5.74. The van der Waals surface area contributed by atoms with Crippen LogP contribution in [0.2, 0.25) is 0 Å². The molecular formula is C15H20N2O2S. The summed E-state index contributed by atoms with van der Waals surface area (Å²) in [6.45, 7) is 5.27. The van der Waals surface area contributed by atoms with Gasteiger partial charge in [-0.1, -0.05) is 13.8 Å². The number of anilines is 1. The molecule has 0 spiro atoms. The van der Waals surface area contributed by atoms with Crippen LogP contribution in [0.25, 0.3) is 11.3 Å². The largest absolute Gasteiger partial charge is 0.497 e. The Hall–Kier alpha value is -1.75. The minimum absolute atomic E-state index is 0.591. The molecule has 2 aromatic rings. The fourth-order valence-electron chi connectivity index (χ4n) is 1.78. The van der Waals surface area contributed by atoms with Crippen LogP contribution in [0.3, 0.4) is 0 Å². The zero-order valence-corrected chi connectivity index (χ0v) is 13.1. The molecule has 20 heavy (non-hydrogen) atoms. The van der Waals surface area contributed by atoms with Gasteiger partial charge in [0.25, 0.3) is 0 Å². The predicted molar refractivity (Wildman–Crippen MR) is 84.0 cm³/mol. The molecule has 0 saturated carbocycles. The van der Waals surface area contributed by atoms with E-state index in [2.05, 4.69) is 24.1 Å². The average molecular weight is 292 g/mol. The summed E-state index contributed by atoms with van der Waals surface area (Å²) in [6, 6.07) is 5.72. The molecule has 0 aliphatic rings. The first-order valence-electron chi connectivity index (χ1n) is 6.55. The number of hydrogen-bond acceptors (Lipinski definition) is 5. The smallest absolute Gasteiger partial charge is 0.183 e. The number of benzene rings is 1. The lowest BCUT2D eigenvalue weighted by molar-refractivity contribution is 0.404. The van der Waals surface area contributed by atoms with Crippen LogP contribution < -0.4 is 14.8 Å². The molecule has 0 atom stereocenters. The van der Waals surface area contributed by atoms with E-state index in [9.17, 15) is 0 Å². The highest BCUT2D eigenvalue weighted by Crippen LogP contribution is 2.34. The van der Waals surface area contributed by atoms with E-state index in [1.54, 1.807) is 25.6 Å². The Morgan fingerprint density at radius 1 is 1.25 bits per heavy atom. The molecule has 2 rings (SSSR count). The summed E-state index contributed by atoms with van der Waals surface area (Å²) in [5.41, 5.74) is 1.85. The summed E-state index contributed by atoms with van der Waals surface area (Å²) < 4.78 is 10.7.